The molecule has 5 nitrogen and oxygen atoms in total. The number of halogens is 1. The van der Waals surface area contributed by atoms with Crippen LogP contribution in [0.15, 0.2) is 30.6 Å². The lowest BCUT2D eigenvalue weighted by molar-refractivity contribution is 0.0688. The van der Waals surface area contributed by atoms with E-state index in [0.29, 0.717) is 24.2 Å². The number of piperidine rings is 1. The van der Waals surface area contributed by atoms with E-state index >= 15 is 0 Å². The number of nitrogens with zero attached hydrogens (tertiary/aromatic N) is 4. The van der Waals surface area contributed by atoms with E-state index in [1.165, 1.54) is 6.07 Å². The van der Waals surface area contributed by atoms with Crippen molar-refractivity contribution in [1.29, 1.82) is 0 Å². The van der Waals surface area contributed by atoms with Crippen LogP contribution in [-0.4, -0.2) is 38.9 Å². The lowest BCUT2D eigenvalue weighted by Gasteiger charge is -2.31. The molecule has 0 aliphatic carbocycles. The Morgan fingerprint density at radius 3 is 2.71 bits per heavy atom. The number of hydrogen-bond donors (Lipinski definition) is 0. The quantitative estimate of drug-likeness (QED) is 0.851. The third-order valence-corrected chi connectivity index (χ3v) is 3.99. The molecule has 0 bridgehead atoms. The van der Waals surface area contributed by atoms with E-state index in [9.17, 15) is 9.18 Å². The van der Waals surface area contributed by atoms with Crippen LogP contribution >= 0.6 is 0 Å². The highest BCUT2D eigenvalue weighted by atomic mass is 19.1. The number of rotatable bonds is 2. The second-order valence-corrected chi connectivity index (χ2v) is 5.37. The summed E-state index contributed by atoms with van der Waals surface area (Å²) in [5.41, 5.74) is 0.966. The molecule has 6 heteroatoms. The van der Waals surface area contributed by atoms with Crippen LogP contribution < -0.4 is 0 Å². The fourth-order valence-corrected chi connectivity index (χ4v) is 2.65. The van der Waals surface area contributed by atoms with Crippen molar-refractivity contribution in [3.8, 4) is 0 Å². The highest BCUT2D eigenvalue weighted by Gasteiger charge is 2.25. The first-order valence-corrected chi connectivity index (χ1v) is 7.06. The molecule has 1 fully saturated rings. The molecule has 110 valence electrons. The second-order valence-electron chi connectivity index (χ2n) is 5.37. The largest absolute Gasteiger partial charge is 0.338 e. The number of carbonyl (C=O) groups is 1. The molecule has 1 amide bonds. The fourth-order valence-electron chi connectivity index (χ4n) is 2.65. The minimum Gasteiger partial charge on any atom is -0.338 e. The highest BCUT2D eigenvalue weighted by Crippen LogP contribution is 2.22. The summed E-state index contributed by atoms with van der Waals surface area (Å²) in [6.45, 7) is 2.99. The zero-order valence-electron chi connectivity index (χ0n) is 11.9. The summed E-state index contributed by atoms with van der Waals surface area (Å²) in [6.07, 6.45) is 5.18. The van der Waals surface area contributed by atoms with Crippen molar-refractivity contribution in [3.05, 3.63) is 47.5 Å². The van der Waals surface area contributed by atoms with Gasteiger partial charge in [0.2, 0.25) is 0 Å². The van der Waals surface area contributed by atoms with Crippen LogP contribution in [0.3, 0.4) is 0 Å². The molecule has 0 saturated carbocycles. The Labute approximate surface area is 122 Å². The van der Waals surface area contributed by atoms with Gasteiger partial charge in [0.05, 0.1) is 12.2 Å². The maximum absolute atomic E-state index is 13.6. The highest BCUT2D eigenvalue weighted by molar-refractivity contribution is 5.94. The molecule has 1 aromatic heterocycles. The molecular weight excluding hydrogens is 271 g/mol. The number of benzene rings is 1. The predicted octanol–water partition coefficient (Wildman–Crippen LogP) is 2.20. The summed E-state index contributed by atoms with van der Waals surface area (Å²) in [4.78, 5) is 14.2. The molecule has 0 N–H and O–H groups in total. The monoisotopic (exact) mass is 288 g/mol. The lowest BCUT2D eigenvalue weighted by atomic mass is 10.0. The van der Waals surface area contributed by atoms with Crippen LogP contribution in [0.5, 0.6) is 0 Å². The minimum atomic E-state index is -0.335. The zero-order chi connectivity index (χ0) is 14.8. The minimum absolute atomic E-state index is 0.106. The average molecular weight is 288 g/mol. The van der Waals surface area contributed by atoms with E-state index in [1.54, 1.807) is 30.2 Å². The smallest absolute Gasteiger partial charge is 0.253 e. The standard InChI is InChI=1S/C15H17FN4O/c1-11-2-3-12(10-14(11)16)15(21)19-7-4-13(5-8-19)20-9-6-17-18-20/h2-3,6,9-10,13H,4-5,7-8H2,1H3. The molecule has 1 aromatic carbocycles. The summed E-state index contributed by atoms with van der Waals surface area (Å²) >= 11 is 0. The van der Waals surface area contributed by atoms with Gasteiger partial charge in [-0.2, -0.15) is 0 Å². The zero-order valence-corrected chi connectivity index (χ0v) is 11.9. The molecular formula is C15H17FN4O. The molecule has 1 aliphatic heterocycles. The van der Waals surface area contributed by atoms with Crippen molar-refractivity contribution in [2.45, 2.75) is 25.8 Å². The Bertz CT molecular complexity index is 633. The van der Waals surface area contributed by atoms with Gasteiger partial charge in [-0.25, -0.2) is 9.07 Å². The van der Waals surface area contributed by atoms with Gasteiger partial charge < -0.3 is 4.90 Å². The molecule has 0 spiro atoms. The Balaban J connectivity index is 1.66. The van der Waals surface area contributed by atoms with Crippen molar-refractivity contribution in [3.63, 3.8) is 0 Å². The molecule has 1 aliphatic rings. The van der Waals surface area contributed by atoms with Crippen LogP contribution in [0.4, 0.5) is 4.39 Å². The van der Waals surface area contributed by atoms with E-state index in [1.807, 2.05) is 10.9 Å². The molecule has 21 heavy (non-hydrogen) atoms. The van der Waals surface area contributed by atoms with Crippen molar-refractivity contribution in [2.75, 3.05) is 13.1 Å². The molecule has 0 unspecified atom stereocenters. The molecule has 3 rings (SSSR count). The number of carbonyl (C=O) groups excluding carboxylic acids is 1. The topological polar surface area (TPSA) is 51.0 Å². The van der Waals surface area contributed by atoms with Crippen molar-refractivity contribution >= 4 is 5.91 Å². The van der Waals surface area contributed by atoms with E-state index in [2.05, 4.69) is 10.3 Å². The maximum atomic E-state index is 13.6. The first-order chi connectivity index (χ1) is 10.1. The number of likely N-dealkylation sites (tertiary alicyclic amines) is 1. The van der Waals surface area contributed by atoms with Gasteiger partial charge >= 0.3 is 0 Å². The van der Waals surface area contributed by atoms with Crippen LogP contribution in [0.2, 0.25) is 0 Å². The van der Waals surface area contributed by atoms with Crippen LogP contribution in [0, 0.1) is 12.7 Å². The summed E-state index contributed by atoms with van der Waals surface area (Å²) in [5, 5.41) is 7.81. The number of aromatic nitrogens is 3. The van der Waals surface area contributed by atoms with Crippen molar-refractivity contribution in [1.82, 2.24) is 19.9 Å². The summed E-state index contributed by atoms with van der Waals surface area (Å²) < 4.78 is 15.4. The van der Waals surface area contributed by atoms with Gasteiger partial charge in [0.25, 0.3) is 5.91 Å². The normalized spacial score (nSPS) is 16.2. The van der Waals surface area contributed by atoms with E-state index < -0.39 is 0 Å². The second kappa shape index (κ2) is 5.63. The first-order valence-electron chi connectivity index (χ1n) is 7.06. The Morgan fingerprint density at radius 2 is 2.10 bits per heavy atom. The van der Waals surface area contributed by atoms with Gasteiger partial charge in [-0.1, -0.05) is 11.3 Å². The summed E-state index contributed by atoms with van der Waals surface area (Å²) in [7, 11) is 0. The molecule has 0 atom stereocenters. The Hall–Kier alpha value is -2.24. The predicted molar refractivity (Wildman–Crippen MR) is 75.3 cm³/mol. The lowest BCUT2D eigenvalue weighted by Crippen LogP contribution is -2.39. The first kappa shape index (κ1) is 13.7. The van der Waals surface area contributed by atoms with Gasteiger partial charge in [0, 0.05) is 24.8 Å². The third-order valence-electron chi connectivity index (χ3n) is 3.99. The van der Waals surface area contributed by atoms with Gasteiger partial charge in [-0.3, -0.25) is 4.79 Å². The van der Waals surface area contributed by atoms with Gasteiger partial charge in [0.15, 0.2) is 0 Å². The van der Waals surface area contributed by atoms with Gasteiger partial charge in [-0.15, -0.1) is 5.10 Å². The van der Waals surface area contributed by atoms with Crippen LogP contribution in [-0.2, 0) is 0 Å². The number of amides is 1. The summed E-state index contributed by atoms with van der Waals surface area (Å²) in [5.74, 6) is -0.440. The fraction of sp³-hybridized carbons (Fsp3) is 0.400. The maximum Gasteiger partial charge on any atom is 0.253 e. The molecule has 0 radical (unpaired) electrons. The third kappa shape index (κ3) is 2.79. The van der Waals surface area contributed by atoms with Crippen LogP contribution in [0.25, 0.3) is 0 Å². The van der Waals surface area contributed by atoms with Crippen molar-refractivity contribution < 1.29 is 9.18 Å². The molecule has 1 saturated heterocycles. The van der Waals surface area contributed by atoms with Crippen LogP contribution in [0.1, 0.15) is 34.8 Å². The van der Waals surface area contributed by atoms with Gasteiger partial charge in [0.1, 0.15) is 5.82 Å². The number of aryl methyl sites for hydroxylation is 1. The number of hydrogen-bond acceptors (Lipinski definition) is 3. The SMILES string of the molecule is Cc1ccc(C(=O)N2CCC(n3ccnn3)CC2)cc1F. The van der Waals surface area contributed by atoms with E-state index in [-0.39, 0.29) is 17.8 Å². The van der Waals surface area contributed by atoms with E-state index in [0.717, 1.165) is 12.8 Å². The average Bonchev–Trinajstić information content (AvgIpc) is 3.04. The molecule has 2 aromatic rings. The van der Waals surface area contributed by atoms with Gasteiger partial charge in [-0.05, 0) is 37.5 Å². The summed E-state index contributed by atoms with van der Waals surface area (Å²) in [6, 6.07) is 4.93. The Kier molecular flexibility index (Phi) is 3.68. The Morgan fingerprint density at radius 1 is 1.33 bits per heavy atom. The van der Waals surface area contributed by atoms with E-state index in [4.69, 9.17) is 0 Å². The van der Waals surface area contributed by atoms with Crippen molar-refractivity contribution in [2.24, 2.45) is 0 Å². The molecule has 2 heterocycles.